The second-order valence-electron chi connectivity index (χ2n) is 8.97. The van der Waals surface area contributed by atoms with E-state index in [0.717, 1.165) is 44.5 Å². The molecule has 1 heterocycles. The first-order valence-corrected chi connectivity index (χ1v) is 9.90. The molecule has 140 valence electrons. The predicted molar refractivity (Wildman–Crippen MR) is 109 cm³/mol. The quantitative estimate of drug-likeness (QED) is 0.805. The predicted octanol–water partition coefficient (Wildman–Crippen LogP) is 3.09. The molecule has 4 heteroatoms. The number of fused-ring (bicyclic) bond motifs is 1. The van der Waals surface area contributed by atoms with Crippen molar-refractivity contribution in [3.05, 3.63) is 65.7 Å². The summed E-state index contributed by atoms with van der Waals surface area (Å²) in [5, 5.41) is 20.2. The van der Waals surface area contributed by atoms with Crippen molar-refractivity contribution >= 4 is 7.85 Å². The minimum absolute atomic E-state index is 0.267. The first kappa shape index (κ1) is 18.6. The van der Waals surface area contributed by atoms with Gasteiger partial charge in [0.05, 0.1) is 13.4 Å². The molecular weight excluding hydrogens is 333 g/mol. The Balaban J connectivity index is 1.36. The van der Waals surface area contributed by atoms with E-state index in [1.807, 2.05) is 30.3 Å². The fourth-order valence-corrected chi connectivity index (χ4v) is 5.21. The molecule has 1 saturated heterocycles. The van der Waals surface area contributed by atoms with Gasteiger partial charge in [0.25, 0.3) is 0 Å². The molecule has 0 spiro atoms. The van der Waals surface area contributed by atoms with Crippen LogP contribution in [0, 0.1) is 11.8 Å². The van der Waals surface area contributed by atoms with Gasteiger partial charge < -0.3 is 15.1 Å². The first-order chi connectivity index (χ1) is 12.8. The molecule has 1 aliphatic carbocycles. The molecule has 2 unspecified atom stereocenters. The Hall–Kier alpha value is -1.78. The summed E-state index contributed by atoms with van der Waals surface area (Å²) < 4.78 is 0. The van der Waals surface area contributed by atoms with Crippen LogP contribution in [-0.4, -0.2) is 48.2 Å². The van der Waals surface area contributed by atoms with Crippen LogP contribution in [-0.2, 0) is 11.7 Å². The van der Waals surface area contributed by atoms with E-state index in [9.17, 15) is 10.2 Å². The van der Waals surface area contributed by atoms with Gasteiger partial charge in [0.15, 0.2) is 0 Å². The van der Waals surface area contributed by atoms with Crippen molar-refractivity contribution in [3.63, 3.8) is 0 Å². The highest BCUT2D eigenvalue weighted by Crippen LogP contribution is 2.45. The lowest BCUT2D eigenvalue weighted by Crippen LogP contribution is -2.40. The summed E-state index contributed by atoms with van der Waals surface area (Å²) in [4.78, 5) is 2.45. The summed E-state index contributed by atoms with van der Waals surface area (Å²) in [5.74, 6) is 1.37. The third-order valence-corrected chi connectivity index (χ3v) is 6.39. The Kier molecular flexibility index (Phi) is 4.81. The molecule has 2 aromatic rings. The first-order valence-electron chi connectivity index (χ1n) is 9.90. The minimum atomic E-state index is -0.564. The number of aliphatic hydroxyl groups is 1. The van der Waals surface area contributed by atoms with Crippen molar-refractivity contribution in [1.82, 2.24) is 4.90 Å². The van der Waals surface area contributed by atoms with E-state index in [4.69, 9.17) is 7.85 Å². The molecule has 4 atom stereocenters. The fourth-order valence-electron chi connectivity index (χ4n) is 5.21. The minimum Gasteiger partial charge on any atom is -0.508 e. The Morgan fingerprint density at radius 1 is 1.04 bits per heavy atom. The molecule has 2 aliphatic rings. The van der Waals surface area contributed by atoms with Crippen molar-refractivity contribution in [1.29, 1.82) is 0 Å². The maximum Gasteiger partial charge on any atom is 0.115 e. The van der Waals surface area contributed by atoms with Gasteiger partial charge in [-0.3, -0.25) is 0 Å². The normalized spacial score (nSPS) is 30.1. The van der Waals surface area contributed by atoms with Crippen LogP contribution in [0.15, 0.2) is 54.6 Å². The zero-order valence-corrected chi connectivity index (χ0v) is 16.0. The number of hydrogen-bond donors (Lipinski definition) is 2. The van der Waals surface area contributed by atoms with E-state index >= 15 is 0 Å². The third-order valence-electron chi connectivity index (χ3n) is 6.39. The number of nitrogens with zero attached hydrogens (tertiary/aromatic N) is 1. The highest BCUT2D eigenvalue weighted by atomic mass is 16.3. The van der Waals surface area contributed by atoms with Gasteiger partial charge in [-0.15, -0.1) is 0 Å². The number of phenols is 1. The van der Waals surface area contributed by atoms with Gasteiger partial charge in [0, 0.05) is 19.5 Å². The molecule has 3 nitrogen and oxygen atoms in total. The van der Waals surface area contributed by atoms with Crippen LogP contribution in [0.5, 0.6) is 5.75 Å². The van der Waals surface area contributed by atoms with Crippen LogP contribution < -0.4 is 0 Å². The number of phenolic OH excluding ortho intramolecular Hbond substituents is 1. The van der Waals surface area contributed by atoms with Gasteiger partial charge in [-0.05, 0) is 59.8 Å². The van der Waals surface area contributed by atoms with Crippen molar-refractivity contribution in [2.24, 2.45) is 11.8 Å². The Labute approximate surface area is 163 Å². The Morgan fingerprint density at radius 3 is 2.22 bits per heavy atom. The lowest BCUT2D eigenvalue weighted by atomic mass is 9.65. The number of rotatable bonds is 5. The van der Waals surface area contributed by atoms with Crippen LogP contribution >= 0.6 is 0 Å². The van der Waals surface area contributed by atoms with Crippen LogP contribution in [0.25, 0.3) is 0 Å². The summed E-state index contributed by atoms with van der Waals surface area (Å²) in [6.45, 7) is 4.86. The molecule has 27 heavy (non-hydrogen) atoms. The maximum absolute atomic E-state index is 11.1. The molecule has 2 aromatic carbocycles. The van der Waals surface area contributed by atoms with Gasteiger partial charge in [-0.2, -0.15) is 0 Å². The van der Waals surface area contributed by atoms with E-state index in [1.165, 1.54) is 5.56 Å². The molecule has 4 rings (SSSR count). The van der Waals surface area contributed by atoms with Gasteiger partial charge in [-0.25, -0.2) is 0 Å². The van der Waals surface area contributed by atoms with Crippen LogP contribution in [0.2, 0.25) is 0 Å². The SMILES string of the molecule is [B]C(C)(CN1C[C@@H]2CC(O)(Cc3ccccc3)C[C@@H]2C1)c1ccc(O)cc1. The molecule has 0 bridgehead atoms. The van der Waals surface area contributed by atoms with Gasteiger partial charge >= 0.3 is 0 Å². The fraction of sp³-hybridized carbons (Fsp3) is 0.478. The molecule has 0 amide bonds. The Morgan fingerprint density at radius 2 is 1.63 bits per heavy atom. The number of likely N-dealkylation sites (tertiary alicyclic amines) is 1. The topological polar surface area (TPSA) is 43.7 Å². The molecular formula is C23H28BNO2. The highest BCUT2D eigenvalue weighted by molar-refractivity contribution is 6.15. The van der Waals surface area contributed by atoms with E-state index < -0.39 is 10.9 Å². The molecule has 1 saturated carbocycles. The van der Waals surface area contributed by atoms with Crippen LogP contribution in [0.4, 0.5) is 0 Å². The number of hydrogen-bond acceptors (Lipinski definition) is 3. The molecule has 2 radical (unpaired) electrons. The van der Waals surface area contributed by atoms with E-state index in [1.54, 1.807) is 12.1 Å². The largest absolute Gasteiger partial charge is 0.508 e. The van der Waals surface area contributed by atoms with Crippen molar-refractivity contribution < 1.29 is 10.2 Å². The summed E-state index contributed by atoms with van der Waals surface area (Å²) in [5.41, 5.74) is 1.70. The molecule has 0 aromatic heterocycles. The van der Waals surface area contributed by atoms with E-state index in [2.05, 4.69) is 24.0 Å². The van der Waals surface area contributed by atoms with Crippen molar-refractivity contribution in [2.45, 2.75) is 37.1 Å². The zero-order chi connectivity index (χ0) is 19.1. The van der Waals surface area contributed by atoms with Gasteiger partial charge in [0.1, 0.15) is 5.75 Å². The smallest absolute Gasteiger partial charge is 0.115 e. The lowest BCUT2D eigenvalue weighted by molar-refractivity contribution is 0.0351. The highest BCUT2D eigenvalue weighted by Gasteiger charge is 2.48. The van der Waals surface area contributed by atoms with Crippen LogP contribution in [0.3, 0.4) is 0 Å². The number of benzene rings is 2. The summed E-state index contributed by atoms with van der Waals surface area (Å²) in [6, 6.07) is 17.5. The van der Waals surface area contributed by atoms with Crippen molar-refractivity contribution in [3.8, 4) is 5.75 Å². The number of aromatic hydroxyl groups is 1. The second-order valence-corrected chi connectivity index (χ2v) is 8.97. The molecule has 2 fully saturated rings. The Bertz CT molecular complexity index is 761. The van der Waals surface area contributed by atoms with Crippen molar-refractivity contribution in [2.75, 3.05) is 19.6 Å². The summed E-state index contributed by atoms with van der Waals surface area (Å²) in [6.07, 6.45) is 2.51. The molecule has 2 N–H and O–H groups in total. The third kappa shape index (κ3) is 4.07. The lowest BCUT2D eigenvalue weighted by Gasteiger charge is -2.33. The van der Waals surface area contributed by atoms with Crippen LogP contribution in [0.1, 0.15) is 30.9 Å². The van der Waals surface area contributed by atoms with E-state index in [-0.39, 0.29) is 5.75 Å². The maximum atomic E-state index is 11.1. The average molecular weight is 361 g/mol. The summed E-state index contributed by atoms with van der Waals surface area (Å²) >= 11 is 0. The zero-order valence-electron chi connectivity index (χ0n) is 16.0. The van der Waals surface area contributed by atoms with Gasteiger partial charge in [-0.1, -0.05) is 49.4 Å². The van der Waals surface area contributed by atoms with E-state index in [0.29, 0.717) is 11.8 Å². The van der Waals surface area contributed by atoms with Gasteiger partial charge in [0.2, 0.25) is 0 Å². The monoisotopic (exact) mass is 361 g/mol. The standard InChI is InChI=1S/C23H28BNO2/c1-22(24,20-7-9-21(26)10-8-20)16-25-14-18-12-23(27,13-19(18)15-25)11-17-5-3-2-4-6-17/h2-10,18-19,26-27H,11-16H2,1H3/t18-,19+,22?,23?. The summed E-state index contributed by atoms with van der Waals surface area (Å²) in [7, 11) is 6.60. The second kappa shape index (κ2) is 6.99. The molecule has 1 aliphatic heterocycles. The average Bonchev–Trinajstić information content (AvgIpc) is 3.09.